The minimum absolute atomic E-state index is 0.102. The molecule has 134 valence electrons. The molecular formula is C19H24N2O3S. The first-order chi connectivity index (χ1) is 12.1. The number of hydrogen-bond acceptors (Lipinski definition) is 5. The lowest BCUT2D eigenvalue weighted by Gasteiger charge is -2.26. The molecule has 25 heavy (non-hydrogen) atoms. The van der Waals surface area contributed by atoms with Crippen molar-refractivity contribution in [1.82, 2.24) is 9.88 Å². The molecule has 0 radical (unpaired) electrons. The Morgan fingerprint density at radius 1 is 1.24 bits per heavy atom. The highest BCUT2D eigenvalue weighted by Crippen LogP contribution is 2.24. The molecule has 0 bridgehead atoms. The van der Waals surface area contributed by atoms with Gasteiger partial charge in [0.25, 0.3) is 0 Å². The molecule has 1 amide bonds. The number of amides is 1. The molecule has 2 rings (SSSR count). The summed E-state index contributed by atoms with van der Waals surface area (Å²) in [4.78, 5) is 30.8. The summed E-state index contributed by atoms with van der Waals surface area (Å²) >= 11 is 1.37. The van der Waals surface area contributed by atoms with Gasteiger partial charge in [-0.2, -0.15) is 0 Å². The highest BCUT2D eigenvalue weighted by molar-refractivity contribution is 7.09. The molecule has 1 atom stereocenters. The summed E-state index contributed by atoms with van der Waals surface area (Å²) in [6.45, 7) is 5.15. The Balaban J connectivity index is 2.17. The number of carbonyl (C=O) groups excluding carboxylic acids is 2. The molecule has 2 aromatic rings. The maximum absolute atomic E-state index is 13.1. The van der Waals surface area contributed by atoms with Crippen LogP contribution in [0.5, 0.6) is 0 Å². The van der Waals surface area contributed by atoms with Crippen molar-refractivity contribution in [3.05, 3.63) is 52.0 Å². The lowest BCUT2D eigenvalue weighted by atomic mass is 9.95. The monoisotopic (exact) mass is 360 g/mol. The van der Waals surface area contributed by atoms with E-state index in [1.165, 1.54) is 18.4 Å². The summed E-state index contributed by atoms with van der Waals surface area (Å²) in [5.41, 5.74) is 1.33. The lowest BCUT2D eigenvalue weighted by Crippen LogP contribution is -2.35. The van der Waals surface area contributed by atoms with Gasteiger partial charge in [-0.1, -0.05) is 44.2 Å². The average molecular weight is 360 g/mol. The Bertz CT molecular complexity index is 700. The van der Waals surface area contributed by atoms with Gasteiger partial charge in [-0.25, -0.2) is 9.78 Å². The van der Waals surface area contributed by atoms with Crippen LogP contribution in [0.15, 0.2) is 35.7 Å². The Morgan fingerprint density at radius 2 is 1.96 bits per heavy atom. The fraction of sp³-hybridized carbons (Fsp3) is 0.421. The number of benzene rings is 1. The number of esters is 1. The Labute approximate surface area is 152 Å². The summed E-state index contributed by atoms with van der Waals surface area (Å²) in [5.74, 6) is -0.509. The maximum Gasteiger partial charge on any atom is 0.357 e. The van der Waals surface area contributed by atoms with Crippen LogP contribution in [0.4, 0.5) is 0 Å². The van der Waals surface area contributed by atoms with Gasteiger partial charge >= 0.3 is 5.97 Å². The molecule has 0 aliphatic rings. The van der Waals surface area contributed by atoms with Crippen molar-refractivity contribution in [1.29, 1.82) is 0 Å². The van der Waals surface area contributed by atoms with E-state index >= 15 is 0 Å². The molecule has 6 heteroatoms. The zero-order chi connectivity index (χ0) is 18.2. The smallest absolute Gasteiger partial charge is 0.357 e. The van der Waals surface area contributed by atoms with Crippen LogP contribution in [0.1, 0.15) is 53.7 Å². The third kappa shape index (κ3) is 4.89. The van der Waals surface area contributed by atoms with Crippen LogP contribution in [0.2, 0.25) is 0 Å². The zero-order valence-corrected chi connectivity index (χ0v) is 15.7. The molecule has 1 heterocycles. The summed E-state index contributed by atoms with van der Waals surface area (Å²) in [7, 11) is 1.33. The van der Waals surface area contributed by atoms with E-state index in [9.17, 15) is 9.59 Å². The Hall–Kier alpha value is -2.21. The van der Waals surface area contributed by atoms with Crippen molar-refractivity contribution in [2.75, 3.05) is 13.7 Å². The van der Waals surface area contributed by atoms with E-state index in [4.69, 9.17) is 0 Å². The molecule has 0 spiro atoms. The summed E-state index contributed by atoms with van der Waals surface area (Å²) in [6, 6.07) is 9.86. The highest BCUT2D eigenvalue weighted by Gasteiger charge is 2.25. The molecule has 0 aliphatic carbocycles. The molecule has 0 fully saturated rings. The van der Waals surface area contributed by atoms with Gasteiger partial charge in [0, 0.05) is 11.9 Å². The van der Waals surface area contributed by atoms with Crippen LogP contribution < -0.4 is 0 Å². The SMILES string of the molecule is CCCN(Cc1nc(C(=O)OC)cs1)C(=O)[C@H](CC)c1ccccc1. The topological polar surface area (TPSA) is 59.5 Å². The van der Waals surface area contributed by atoms with E-state index in [1.807, 2.05) is 49.1 Å². The third-order valence-electron chi connectivity index (χ3n) is 3.99. The minimum atomic E-state index is -0.452. The number of aromatic nitrogens is 1. The van der Waals surface area contributed by atoms with Gasteiger partial charge in [0.1, 0.15) is 5.01 Å². The van der Waals surface area contributed by atoms with Crippen molar-refractivity contribution < 1.29 is 14.3 Å². The largest absolute Gasteiger partial charge is 0.464 e. The van der Waals surface area contributed by atoms with Crippen LogP contribution >= 0.6 is 11.3 Å². The van der Waals surface area contributed by atoms with Crippen molar-refractivity contribution in [3.8, 4) is 0 Å². The summed E-state index contributed by atoms with van der Waals surface area (Å²) in [5, 5.41) is 2.41. The van der Waals surface area contributed by atoms with E-state index in [1.54, 1.807) is 5.38 Å². The van der Waals surface area contributed by atoms with Gasteiger partial charge in [-0.15, -0.1) is 11.3 Å². The molecule has 0 unspecified atom stereocenters. The molecule has 5 nitrogen and oxygen atoms in total. The second-order valence-electron chi connectivity index (χ2n) is 5.75. The number of nitrogens with zero attached hydrogens (tertiary/aromatic N) is 2. The van der Waals surface area contributed by atoms with Crippen LogP contribution in [-0.2, 0) is 16.1 Å². The predicted octanol–water partition coefficient (Wildman–Crippen LogP) is 3.86. The number of thiazole rings is 1. The second-order valence-corrected chi connectivity index (χ2v) is 6.69. The van der Waals surface area contributed by atoms with E-state index in [-0.39, 0.29) is 11.8 Å². The van der Waals surface area contributed by atoms with E-state index in [0.29, 0.717) is 18.8 Å². The standard InChI is InChI=1S/C19H24N2O3S/c1-4-11-21(12-17-20-16(13-25-17)19(23)24-3)18(22)15(5-2)14-9-7-6-8-10-14/h6-10,13,15H,4-5,11-12H2,1-3H3/t15-/m1/s1. The van der Waals surface area contributed by atoms with Crippen LogP contribution in [0, 0.1) is 0 Å². The minimum Gasteiger partial charge on any atom is -0.464 e. The average Bonchev–Trinajstić information content (AvgIpc) is 3.10. The first kappa shape index (κ1) is 19.1. The van der Waals surface area contributed by atoms with Crippen molar-refractivity contribution >= 4 is 23.2 Å². The van der Waals surface area contributed by atoms with Gasteiger partial charge in [0.15, 0.2) is 5.69 Å². The molecule has 0 aliphatic heterocycles. The normalized spacial score (nSPS) is 11.8. The molecular weight excluding hydrogens is 336 g/mol. The second kappa shape index (κ2) is 9.32. The van der Waals surface area contributed by atoms with Gasteiger partial charge in [-0.3, -0.25) is 4.79 Å². The number of ether oxygens (including phenoxy) is 1. The number of rotatable bonds is 8. The number of methoxy groups -OCH3 is 1. The molecule has 1 aromatic heterocycles. The van der Waals surface area contributed by atoms with Gasteiger partial charge in [0.2, 0.25) is 5.91 Å². The Kier molecular flexibility index (Phi) is 7.13. The first-order valence-corrected chi connectivity index (χ1v) is 9.35. The molecule has 0 saturated carbocycles. The summed E-state index contributed by atoms with van der Waals surface area (Å²) in [6.07, 6.45) is 1.61. The maximum atomic E-state index is 13.1. The molecule has 0 saturated heterocycles. The van der Waals surface area contributed by atoms with Crippen LogP contribution in [0.3, 0.4) is 0 Å². The van der Waals surface area contributed by atoms with E-state index in [2.05, 4.69) is 9.72 Å². The fourth-order valence-corrected chi connectivity index (χ4v) is 3.52. The van der Waals surface area contributed by atoms with Crippen molar-refractivity contribution in [2.24, 2.45) is 0 Å². The third-order valence-corrected chi connectivity index (χ3v) is 4.82. The van der Waals surface area contributed by atoms with E-state index in [0.717, 1.165) is 23.4 Å². The lowest BCUT2D eigenvalue weighted by molar-refractivity contribution is -0.133. The molecule has 0 N–H and O–H groups in total. The predicted molar refractivity (Wildman–Crippen MR) is 98.6 cm³/mol. The Morgan fingerprint density at radius 3 is 2.56 bits per heavy atom. The van der Waals surface area contributed by atoms with E-state index < -0.39 is 5.97 Å². The summed E-state index contributed by atoms with van der Waals surface area (Å²) < 4.78 is 4.69. The van der Waals surface area contributed by atoms with Gasteiger partial charge in [0.05, 0.1) is 19.6 Å². The van der Waals surface area contributed by atoms with Crippen LogP contribution in [-0.4, -0.2) is 35.4 Å². The van der Waals surface area contributed by atoms with Crippen molar-refractivity contribution in [2.45, 2.75) is 39.2 Å². The van der Waals surface area contributed by atoms with Gasteiger partial charge < -0.3 is 9.64 Å². The quantitative estimate of drug-likeness (QED) is 0.671. The van der Waals surface area contributed by atoms with Gasteiger partial charge in [-0.05, 0) is 18.4 Å². The molecule has 1 aromatic carbocycles. The highest BCUT2D eigenvalue weighted by atomic mass is 32.1. The number of carbonyl (C=O) groups is 2. The van der Waals surface area contributed by atoms with Crippen molar-refractivity contribution in [3.63, 3.8) is 0 Å². The van der Waals surface area contributed by atoms with Crippen LogP contribution in [0.25, 0.3) is 0 Å². The fourth-order valence-electron chi connectivity index (χ4n) is 2.74. The zero-order valence-electron chi connectivity index (χ0n) is 14.9. The first-order valence-electron chi connectivity index (χ1n) is 8.47. The number of hydrogen-bond donors (Lipinski definition) is 0.